The molecular formula is C18H27NO. The van der Waals surface area contributed by atoms with Gasteiger partial charge in [-0.1, -0.05) is 26.8 Å². The number of hydrogen-bond donors (Lipinski definition) is 1. The lowest BCUT2D eigenvalue weighted by Gasteiger charge is -2.60. The molecule has 2 aliphatic rings. The molecule has 1 fully saturated rings. The van der Waals surface area contributed by atoms with Gasteiger partial charge in [-0.05, 0) is 66.3 Å². The van der Waals surface area contributed by atoms with Gasteiger partial charge in [0.2, 0.25) is 0 Å². The topological polar surface area (TPSA) is 21.3 Å². The van der Waals surface area contributed by atoms with Crippen molar-refractivity contribution >= 4 is 0 Å². The van der Waals surface area contributed by atoms with Gasteiger partial charge in [-0.2, -0.15) is 0 Å². The molecule has 2 heteroatoms. The van der Waals surface area contributed by atoms with Crippen molar-refractivity contribution in [3.8, 4) is 5.75 Å². The van der Waals surface area contributed by atoms with E-state index in [1.165, 1.54) is 19.3 Å². The summed E-state index contributed by atoms with van der Waals surface area (Å²) in [5.74, 6) is 2.53. The minimum absolute atomic E-state index is 0.443. The molecule has 0 saturated heterocycles. The molecule has 20 heavy (non-hydrogen) atoms. The molecule has 2 nitrogen and oxygen atoms in total. The van der Waals surface area contributed by atoms with Crippen LogP contribution in [0.4, 0.5) is 0 Å². The van der Waals surface area contributed by atoms with E-state index in [1.807, 2.05) is 0 Å². The van der Waals surface area contributed by atoms with E-state index in [4.69, 9.17) is 4.74 Å². The fraction of sp³-hybridized carbons (Fsp3) is 0.667. The third-order valence-electron chi connectivity index (χ3n) is 5.98. The molecule has 0 radical (unpaired) electrons. The van der Waals surface area contributed by atoms with Gasteiger partial charge < -0.3 is 10.1 Å². The van der Waals surface area contributed by atoms with Gasteiger partial charge in [-0.25, -0.2) is 0 Å². The monoisotopic (exact) mass is 273 g/mol. The summed E-state index contributed by atoms with van der Waals surface area (Å²) in [4.78, 5) is 0. The van der Waals surface area contributed by atoms with E-state index in [1.54, 1.807) is 18.2 Å². The fourth-order valence-electron chi connectivity index (χ4n) is 5.03. The Morgan fingerprint density at radius 1 is 1.25 bits per heavy atom. The molecule has 1 aromatic rings. The van der Waals surface area contributed by atoms with Crippen molar-refractivity contribution < 1.29 is 4.74 Å². The number of benzene rings is 1. The van der Waals surface area contributed by atoms with Crippen molar-refractivity contribution in [3.05, 3.63) is 29.3 Å². The van der Waals surface area contributed by atoms with Gasteiger partial charge in [0.05, 0.1) is 7.11 Å². The molecule has 0 amide bonds. The number of fused-ring (bicyclic) bond motifs is 3. The maximum Gasteiger partial charge on any atom is 0.119 e. The zero-order chi connectivity index (χ0) is 14.3. The van der Waals surface area contributed by atoms with Gasteiger partial charge in [0.1, 0.15) is 5.75 Å². The molecular weight excluding hydrogens is 246 g/mol. The lowest BCUT2D eigenvalue weighted by molar-refractivity contribution is -0.0371. The largest absolute Gasteiger partial charge is 0.497 e. The summed E-state index contributed by atoms with van der Waals surface area (Å²) in [6, 6.07) is 7.38. The van der Waals surface area contributed by atoms with E-state index >= 15 is 0 Å². The predicted molar refractivity (Wildman–Crippen MR) is 83.4 cm³/mol. The number of nitrogens with one attached hydrogen (secondary N) is 1. The fourth-order valence-corrected chi connectivity index (χ4v) is 5.03. The second kappa shape index (κ2) is 5.07. The zero-order valence-corrected chi connectivity index (χ0v) is 13.2. The minimum atomic E-state index is 0.443. The van der Waals surface area contributed by atoms with Crippen molar-refractivity contribution in [2.75, 3.05) is 13.7 Å². The van der Waals surface area contributed by atoms with Crippen molar-refractivity contribution in [2.24, 2.45) is 11.3 Å². The van der Waals surface area contributed by atoms with Gasteiger partial charge in [0, 0.05) is 6.04 Å². The summed E-state index contributed by atoms with van der Waals surface area (Å²) < 4.78 is 5.44. The van der Waals surface area contributed by atoms with Gasteiger partial charge in [-0.15, -0.1) is 0 Å². The van der Waals surface area contributed by atoms with Gasteiger partial charge in [0.15, 0.2) is 0 Å². The lowest BCUT2D eigenvalue weighted by atomic mass is 9.48. The highest BCUT2D eigenvalue weighted by atomic mass is 16.5. The van der Waals surface area contributed by atoms with E-state index in [0.29, 0.717) is 11.5 Å². The molecule has 0 spiro atoms. The van der Waals surface area contributed by atoms with Gasteiger partial charge in [-0.3, -0.25) is 0 Å². The number of rotatable bonds is 5. The van der Waals surface area contributed by atoms with E-state index in [0.717, 1.165) is 24.1 Å². The highest BCUT2D eigenvalue weighted by molar-refractivity contribution is 5.47. The van der Waals surface area contributed by atoms with Crippen LogP contribution in [0.15, 0.2) is 18.2 Å². The summed E-state index contributed by atoms with van der Waals surface area (Å²) in [5.41, 5.74) is 3.55. The van der Waals surface area contributed by atoms with Crippen LogP contribution in [0.1, 0.15) is 50.7 Å². The molecule has 1 aromatic carbocycles. The second-order valence-electron chi connectivity index (χ2n) is 6.39. The third-order valence-corrected chi connectivity index (χ3v) is 5.98. The highest BCUT2D eigenvalue weighted by Crippen LogP contribution is 2.65. The first-order chi connectivity index (χ1) is 9.71. The summed E-state index contributed by atoms with van der Waals surface area (Å²) >= 11 is 0. The van der Waals surface area contributed by atoms with Crippen LogP contribution in [-0.4, -0.2) is 19.7 Å². The summed E-state index contributed by atoms with van der Waals surface area (Å²) in [5, 5.41) is 3.78. The Morgan fingerprint density at radius 3 is 2.60 bits per heavy atom. The van der Waals surface area contributed by atoms with E-state index in [-0.39, 0.29) is 0 Å². The zero-order valence-electron chi connectivity index (χ0n) is 13.2. The first kappa shape index (κ1) is 13.9. The Kier molecular flexibility index (Phi) is 3.53. The summed E-state index contributed by atoms with van der Waals surface area (Å²) in [7, 11) is 1.77. The molecule has 0 aliphatic heterocycles. The van der Waals surface area contributed by atoms with Crippen LogP contribution >= 0.6 is 0 Å². The number of hydrogen-bond acceptors (Lipinski definition) is 2. The molecule has 0 bridgehead atoms. The van der Waals surface area contributed by atoms with Gasteiger partial charge >= 0.3 is 0 Å². The lowest BCUT2D eigenvalue weighted by Crippen LogP contribution is -2.63. The van der Waals surface area contributed by atoms with Crippen molar-refractivity contribution in [3.63, 3.8) is 0 Å². The maximum absolute atomic E-state index is 5.44. The van der Waals surface area contributed by atoms with E-state index in [9.17, 15) is 0 Å². The Balaban J connectivity index is 1.99. The Labute approximate surface area is 122 Å². The van der Waals surface area contributed by atoms with Crippen molar-refractivity contribution in [1.29, 1.82) is 0 Å². The van der Waals surface area contributed by atoms with Crippen LogP contribution in [0, 0.1) is 11.3 Å². The standard InChI is InChI=1S/C18H27NO/c1-5-18(6-2)16-14-11-13(20-4)9-8-12(14)10-15(16)17(18)19-7-3/h8-9,11,15-17,19H,5-7,10H2,1-4H3. The molecule has 3 atom stereocenters. The van der Waals surface area contributed by atoms with E-state index < -0.39 is 0 Å². The summed E-state index contributed by atoms with van der Waals surface area (Å²) in [6.07, 6.45) is 3.77. The number of ether oxygens (including phenoxy) is 1. The average Bonchev–Trinajstić information content (AvgIpc) is 2.82. The number of methoxy groups -OCH3 is 1. The Hall–Kier alpha value is -1.02. The quantitative estimate of drug-likeness (QED) is 0.882. The molecule has 3 unspecified atom stereocenters. The normalized spacial score (nSPS) is 29.5. The molecule has 0 aromatic heterocycles. The predicted octanol–water partition coefficient (Wildman–Crippen LogP) is 3.75. The molecule has 3 rings (SSSR count). The van der Waals surface area contributed by atoms with Crippen molar-refractivity contribution in [2.45, 2.75) is 52.0 Å². The van der Waals surface area contributed by atoms with E-state index in [2.05, 4.69) is 44.3 Å². The van der Waals surface area contributed by atoms with Crippen LogP contribution < -0.4 is 10.1 Å². The second-order valence-corrected chi connectivity index (χ2v) is 6.39. The maximum atomic E-state index is 5.44. The molecule has 110 valence electrons. The third kappa shape index (κ3) is 1.67. The van der Waals surface area contributed by atoms with Crippen LogP contribution in [0.25, 0.3) is 0 Å². The van der Waals surface area contributed by atoms with Crippen LogP contribution in [-0.2, 0) is 6.42 Å². The first-order valence-corrected chi connectivity index (χ1v) is 8.12. The average molecular weight is 273 g/mol. The highest BCUT2D eigenvalue weighted by Gasteiger charge is 2.62. The Bertz CT molecular complexity index is 492. The molecule has 1 N–H and O–H groups in total. The molecule has 2 aliphatic carbocycles. The summed E-state index contributed by atoms with van der Waals surface area (Å²) in [6.45, 7) is 8.04. The van der Waals surface area contributed by atoms with Crippen molar-refractivity contribution in [1.82, 2.24) is 5.32 Å². The van der Waals surface area contributed by atoms with Gasteiger partial charge in [0.25, 0.3) is 0 Å². The van der Waals surface area contributed by atoms with Crippen LogP contribution in [0.3, 0.4) is 0 Å². The first-order valence-electron chi connectivity index (χ1n) is 8.12. The van der Waals surface area contributed by atoms with Crippen LogP contribution in [0.5, 0.6) is 5.75 Å². The molecule has 0 heterocycles. The van der Waals surface area contributed by atoms with Crippen LogP contribution in [0.2, 0.25) is 0 Å². The Morgan fingerprint density at radius 2 is 2.00 bits per heavy atom. The smallest absolute Gasteiger partial charge is 0.119 e. The molecule has 1 saturated carbocycles. The SMILES string of the molecule is CCNC1C2Cc3ccc(OC)cc3C2C1(CC)CC. The minimum Gasteiger partial charge on any atom is -0.497 e.